The van der Waals surface area contributed by atoms with Crippen molar-refractivity contribution in [3.05, 3.63) is 29.8 Å². The van der Waals surface area contributed by atoms with E-state index in [4.69, 9.17) is 18.0 Å². The molecular weight excluding hydrogens is 244 g/mol. The van der Waals surface area contributed by atoms with Gasteiger partial charge in [0.1, 0.15) is 0 Å². The Hall–Kier alpha value is -1.42. The molecule has 0 aromatic heterocycles. The Morgan fingerprint density at radius 3 is 2.50 bits per heavy atom. The molecule has 2 rings (SSSR count). The molecule has 1 amide bonds. The molecule has 0 saturated heterocycles. The largest absolute Gasteiger partial charge is 0.393 e. The van der Waals surface area contributed by atoms with Crippen LogP contribution in [-0.4, -0.2) is 10.9 Å². The molecule has 1 saturated carbocycles. The topological polar surface area (TPSA) is 55.1 Å². The maximum Gasteiger partial charge on any atom is 0.224 e. The number of carbonyl (C=O) groups excluding carboxylic acids is 1. The lowest BCUT2D eigenvalue weighted by atomic mass is 9.83. The number of nitrogens with one attached hydrogen (secondary N) is 1. The minimum Gasteiger partial charge on any atom is -0.393 e. The third-order valence-electron chi connectivity index (χ3n) is 3.31. The normalized spacial score (nSPS) is 14.9. The molecule has 3 nitrogen and oxygen atoms in total. The van der Waals surface area contributed by atoms with Crippen LogP contribution >= 0.6 is 12.2 Å². The third-order valence-corrected chi connectivity index (χ3v) is 3.46. The smallest absolute Gasteiger partial charge is 0.224 e. The van der Waals surface area contributed by atoms with Crippen LogP contribution in [0, 0.1) is 5.92 Å². The van der Waals surface area contributed by atoms with Gasteiger partial charge in [0.15, 0.2) is 0 Å². The Morgan fingerprint density at radius 2 is 2.00 bits per heavy atom. The Morgan fingerprint density at radius 1 is 1.33 bits per heavy atom. The molecule has 0 aliphatic heterocycles. The van der Waals surface area contributed by atoms with Crippen LogP contribution in [0.2, 0.25) is 0 Å². The van der Waals surface area contributed by atoms with E-state index in [1.54, 1.807) is 0 Å². The van der Waals surface area contributed by atoms with Gasteiger partial charge in [-0.25, -0.2) is 0 Å². The molecule has 0 spiro atoms. The second-order valence-electron chi connectivity index (χ2n) is 4.89. The predicted octanol–water partition coefficient (Wildman–Crippen LogP) is 2.64. The molecule has 0 atom stereocenters. The molecule has 18 heavy (non-hydrogen) atoms. The summed E-state index contributed by atoms with van der Waals surface area (Å²) in [6, 6.07) is 7.68. The van der Waals surface area contributed by atoms with Crippen LogP contribution in [0.1, 0.15) is 31.2 Å². The number of nitrogens with two attached hydrogens (primary N) is 1. The predicted molar refractivity (Wildman–Crippen MR) is 77.5 cm³/mol. The van der Waals surface area contributed by atoms with E-state index >= 15 is 0 Å². The zero-order valence-electron chi connectivity index (χ0n) is 10.3. The molecule has 0 bridgehead atoms. The van der Waals surface area contributed by atoms with Crippen LogP contribution in [-0.2, 0) is 11.2 Å². The van der Waals surface area contributed by atoms with Gasteiger partial charge in [-0.15, -0.1) is 0 Å². The van der Waals surface area contributed by atoms with Crippen LogP contribution in [0.15, 0.2) is 24.3 Å². The van der Waals surface area contributed by atoms with Gasteiger partial charge in [-0.05, 0) is 36.5 Å². The van der Waals surface area contributed by atoms with Crippen LogP contribution < -0.4 is 11.1 Å². The lowest BCUT2D eigenvalue weighted by molar-refractivity contribution is -0.117. The average Bonchev–Trinajstić information content (AvgIpc) is 2.26. The molecule has 3 N–H and O–H groups in total. The van der Waals surface area contributed by atoms with Crippen molar-refractivity contribution in [1.82, 2.24) is 0 Å². The summed E-state index contributed by atoms with van der Waals surface area (Å²) >= 11 is 4.86. The molecule has 1 aliphatic carbocycles. The molecule has 96 valence electrons. The standard InChI is InChI=1S/C14H18N2OS/c15-13(18)8-11-4-6-12(7-5-11)16-14(17)9-10-2-1-3-10/h4-7,10H,1-3,8-9H2,(H2,15,18)(H,16,17). The average molecular weight is 262 g/mol. The van der Waals surface area contributed by atoms with Crippen molar-refractivity contribution in [3.8, 4) is 0 Å². The number of thiocarbonyl (C=S) groups is 1. The van der Waals surface area contributed by atoms with Gasteiger partial charge in [-0.3, -0.25) is 4.79 Å². The Kier molecular flexibility index (Phi) is 4.31. The van der Waals surface area contributed by atoms with Crippen molar-refractivity contribution >= 4 is 28.8 Å². The van der Waals surface area contributed by atoms with Crippen LogP contribution in [0.25, 0.3) is 0 Å². The van der Waals surface area contributed by atoms with E-state index in [0.29, 0.717) is 23.7 Å². The van der Waals surface area contributed by atoms with E-state index < -0.39 is 0 Å². The third kappa shape index (κ3) is 3.81. The number of amides is 1. The van der Waals surface area contributed by atoms with Crippen molar-refractivity contribution < 1.29 is 4.79 Å². The van der Waals surface area contributed by atoms with Crippen molar-refractivity contribution in [2.45, 2.75) is 32.1 Å². The Bertz CT molecular complexity index is 438. The highest BCUT2D eigenvalue weighted by Crippen LogP contribution is 2.29. The molecule has 1 aliphatic rings. The summed E-state index contributed by atoms with van der Waals surface area (Å²) in [5.74, 6) is 0.709. The first-order chi connectivity index (χ1) is 8.63. The number of carbonyl (C=O) groups is 1. The van der Waals surface area contributed by atoms with Gasteiger partial charge >= 0.3 is 0 Å². The molecule has 1 aromatic carbocycles. The zero-order chi connectivity index (χ0) is 13.0. The maximum absolute atomic E-state index is 11.7. The number of anilines is 1. The van der Waals surface area contributed by atoms with Gasteiger partial charge < -0.3 is 11.1 Å². The minimum atomic E-state index is 0.113. The monoisotopic (exact) mass is 262 g/mol. The van der Waals surface area contributed by atoms with E-state index in [1.165, 1.54) is 19.3 Å². The number of benzene rings is 1. The van der Waals surface area contributed by atoms with Crippen molar-refractivity contribution in [2.75, 3.05) is 5.32 Å². The highest BCUT2D eigenvalue weighted by atomic mass is 32.1. The highest BCUT2D eigenvalue weighted by molar-refractivity contribution is 7.80. The second-order valence-corrected chi connectivity index (χ2v) is 5.41. The molecule has 0 heterocycles. The summed E-state index contributed by atoms with van der Waals surface area (Å²) in [4.78, 5) is 12.2. The van der Waals surface area contributed by atoms with Gasteiger partial charge in [0, 0.05) is 18.5 Å². The molecule has 1 fully saturated rings. The number of rotatable bonds is 5. The van der Waals surface area contributed by atoms with Crippen LogP contribution in [0.4, 0.5) is 5.69 Å². The van der Waals surface area contributed by atoms with Crippen LogP contribution in [0.3, 0.4) is 0 Å². The molecular formula is C14H18N2OS. The first kappa shape index (κ1) is 13.0. The molecule has 0 unspecified atom stereocenters. The molecule has 0 radical (unpaired) electrons. The minimum absolute atomic E-state index is 0.113. The zero-order valence-corrected chi connectivity index (χ0v) is 11.1. The first-order valence-electron chi connectivity index (χ1n) is 6.30. The fourth-order valence-corrected chi connectivity index (χ4v) is 2.24. The summed E-state index contributed by atoms with van der Waals surface area (Å²) < 4.78 is 0. The fourth-order valence-electron chi connectivity index (χ4n) is 2.08. The van der Waals surface area contributed by atoms with Gasteiger partial charge in [-0.1, -0.05) is 30.8 Å². The number of hydrogen-bond acceptors (Lipinski definition) is 2. The summed E-state index contributed by atoms with van der Waals surface area (Å²) in [6.45, 7) is 0. The molecule has 1 aromatic rings. The maximum atomic E-state index is 11.7. The Labute approximate surface area is 113 Å². The SMILES string of the molecule is NC(=S)Cc1ccc(NC(=O)CC2CCC2)cc1. The summed E-state index contributed by atoms with van der Waals surface area (Å²) in [5, 5.41) is 2.92. The van der Waals surface area contributed by atoms with E-state index in [0.717, 1.165) is 11.3 Å². The summed E-state index contributed by atoms with van der Waals surface area (Å²) in [5.41, 5.74) is 7.39. The van der Waals surface area contributed by atoms with E-state index in [2.05, 4.69) is 5.32 Å². The second kappa shape index (κ2) is 5.96. The highest BCUT2D eigenvalue weighted by Gasteiger charge is 2.20. The summed E-state index contributed by atoms with van der Waals surface area (Å²) in [7, 11) is 0. The van der Waals surface area contributed by atoms with Crippen LogP contribution in [0.5, 0.6) is 0 Å². The van der Waals surface area contributed by atoms with E-state index in [-0.39, 0.29) is 5.91 Å². The lowest BCUT2D eigenvalue weighted by Gasteiger charge is -2.24. The first-order valence-corrected chi connectivity index (χ1v) is 6.71. The Balaban J connectivity index is 1.85. The van der Waals surface area contributed by atoms with Crippen molar-refractivity contribution in [3.63, 3.8) is 0 Å². The van der Waals surface area contributed by atoms with Gasteiger partial charge in [0.05, 0.1) is 4.99 Å². The molecule has 4 heteroatoms. The quantitative estimate of drug-likeness (QED) is 0.802. The van der Waals surface area contributed by atoms with Gasteiger partial charge in [0.2, 0.25) is 5.91 Å². The van der Waals surface area contributed by atoms with E-state index in [1.807, 2.05) is 24.3 Å². The van der Waals surface area contributed by atoms with Crippen molar-refractivity contribution in [2.24, 2.45) is 11.7 Å². The number of hydrogen-bond donors (Lipinski definition) is 2. The summed E-state index contributed by atoms with van der Waals surface area (Å²) in [6.07, 6.45) is 4.91. The fraction of sp³-hybridized carbons (Fsp3) is 0.429. The van der Waals surface area contributed by atoms with E-state index in [9.17, 15) is 4.79 Å². The van der Waals surface area contributed by atoms with Gasteiger partial charge in [-0.2, -0.15) is 0 Å². The van der Waals surface area contributed by atoms with Crippen molar-refractivity contribution in [1.29, 1.82) is 0 Å². The lowest BCUT2D eigenvalue weighted by Crippen LogP contribution is -2.20. The van der Waals surface area contributed by atoms with Gasteiger partial charge in [0.25, 0.3) is 0 Å².